The molecule has 1 aromatic heterocycles. The maximum atomic E-state index is 11.1. The van der Waals surface area contributed by atoms with Crippen LogP contribution in [-0.2, 0) is 11.2 Å². The minimum atomic E-state index is 0.356. The smallest absolute Gasteiger partial charge is 0.132 e. The second-order valence-corrected chi connectivity index (χ2v) is 4.78. The highest BCUT2D eigenvalue weighted by molar-refractivity contribution is 7.11. The van der Waals surface area contributed by atoms with Crippen molar-refractivity contribution < 1.29 is 4.79 Å². The van der Waals surface area contributed by atoms with Crippen molar-refractivity contribution in [1.29, 1.82) is 0 Å². The molecule has 0 saturated carbocycles. The Labute approximate surface area is 89.4 Å². The average molecular weight is 211 g/mol. The van der Waals surface area contributed by atoms with E-state index in [1.54, 1.807) is 11.3 Å². The number of nitrogens with zero attached hydrogens (tertiary/aromatic N) is 1. The van der Waals surface area contributed by atoms with Gasteiger partial charge in [-0.25, -0.2) is 4.98 Å². The van der Waals surface area contributed by atoms with Gasteiger partial charge in [0.05, 0.1) is 10.7 Å². The van der Waals surface area contributed by atoms with Crippen LogP contribution in [0, 0.1) is 13.8 Å². The van der Waals surface area contributed by atoms with Crippen LogP contribution in [0.5, 0.6) is 0 Å². The maximum absolute atomic E-state index is 11.1. The van der Waals surface area contributed by atoms with E-state index in [9.17, 15) is 4.79 Å². The number of ketones is 1. The van der Waals surface area contributed by atoms with Gasteiger partial charge in [0.15, 0.2) is 0 Å². The lowest BCUT2D eigenvalue weighted by atomic mass is 10.1. The van der Waals surface area contributed by atoms with Gasteiger partial charge in [-0.15, -0.1) is 11.3 Å². The third-order valence-corrected chi connectivity index (χ3v) is 3.45. The Morgan fingerprint density at radius 2 is 2.14 bits per heavy atom. The molecule has 1 aromatic rings. The van der Waals surface area contributed by atoms with Crippen molar-refractivity contribution in [2.24, 2.45) is 0 Å². The van der Waals surface area contributed by atoms with E-state index < -0.39 is 0 Å². The topological polar surface area (TPSA) is 30.0 Å². The van der Waals surface area contributed by atoms with Gasteiger partial charge in [0.2, 0.25) is 0 Å². The highest BCUT2D eigenvalue weighted by Gasteiger charge is 2.04. The van der Waals surface area contributed by atoms with Crippen LogP contribution in [0.3, 0.4) is 0 Å². The molecule has 0 spiro atoms. The first-order valence-electron chi connectivity index (χ1n) is 5.08. The molecule has 2 nitrogen and oxygen atoms in total. The number of carbonyl (C=O) groups excluding carboxylic acids is 1. The Kier molecular flexibility index (Phi) is 4.26. The highest BCUT2D eigenvalue weighted by Crippen LogP contribution is 2.18. The summed E-state index contributed by atoms with van der Waals surface area (Å²) in [5, 5.41) is 1.17. The number of hydrogen-bond donors (Lipinski definition) is 0. The monoisotopic (exact) mass is 211 g/mol. The Balaban J connectivity index is 2.35. The molecular formula is C11H17NOS. The van der Waals surface area contributed by atoms with Crippen molar-refractivity contribution in [1.82, 2.24) is 4.98 Å². The summed E-state index contributed by atoms with van der Waals surface area (Å²) in [7, 11) is 0. The van der Waals surface area contributed by atoms with Gasteiger partial charge >= 0.3 is 0 Å². The van der Waals surface area contributed by atoms with E-state index in [0.29, 0.717) is 18.6 Å². The van der Waals surface area contributed by atoms with Crippen LogP contribution in [0.1, 0.15) is 41.8 Å². The molecule has 3 heteroatoms. The van der Waals surface area contributed by atoms with E-state index in [0.717, 1.165) is 18.5 Å². The van der Waals surface area contributed by atoms with Crippen molar-refractivity contribution in [3.05, 3.63) is 15.6 Å². The van der Waals surface area contributed by atoms with Crippen LogP contribution in [0.4, 0.5) is 0 Å². The van der Waals surface area contributed by atoms with Gasteiger partial charge in [-0.3, -0.25) is 4.79 Å². The molecule has 0 N–H and O–H groups in total. The van der Waals surface area contributed by atoms with Gasteiger partial charge in [0.25, 0.3) is 0 Å². The van der Waals surface area contributed by atoms with Gasteiger partial charge in [0.1, 0.15) is 5.78 Å². The molecule has 0 radical (unpaired) electrons. The molecule has 0 unspecified atom stereocenters. The van der Waals surface area contributed by atoms with Crippen LogP contribution in [0.25, 0.3) is 0 Å². The average Bonchev–Trinajstić information content (AvgIpc) is 2.46. The van der Waals surface area contributed by atoms with Crippen molar-refractivity contribution in [2.45, 2.75) is 46.5 Å². The van der Waals surface area contributed by atoms with E-state index in [4.69, 9.17) is 0 Å². The molecule has 78 valence electrons. The number of thiazole rings is 1. The molecule has 1 rings (SSSR count). The van der Waals surface area contributed by atoms with Crippen molar-refractivity contribution in [3.63, 3.8) is 0 Å². The number of aromatic nitrogens is 1. The Hall–Kier alpha value is -0.700. The van der Waals surface area contributed by atoms with Crippen LogP contribution in [0.15, 0.2) is 0 Å². The maximum Gasteiger partial charge on any atom is 0.132 e. The van der Waals surface area contributed by atoms with E-state index in [1.807, 2.05) is 13.8 Å². The lowest BCUT2D eigenvalue weighted by Crippen LogP contribution is -1.95. The normalized spacial score (nSPS) is 10.5. The molecule has 0 aliphatic carbocycles. The minimum absolute atomic E-state index is 0.356. The van der Waals surface area contributed by atoms with E-state index >= 15 is 0 Å². The lowest BCUT2D eigenvalue weighted by molar-refractivity contribution is -0.118. The summed E-state index contributed by atoms with van der Waals surface area (Å²) in [4.78, 5) is 16.8. The largest absolute Gasteiger partial charge is 0.300 e. The fourth-order valence-corrected chi connectivity index (χ4v) is 2.24. The minimum Gasteiger partial charge on any atom is -0.300 e. The van der Waals surface area contributed by atoms with Crippen molar-refractivity contribution in [3.8, 4) is 0 Å². The summed E-state index contributed by atoms with van der Waals surface area (Å²) in [6, 6.07) is 0. The predicted octanol–water partition coefficient (Wildman–Crippen LogP) is 3.06. The Morgan fingerprint density at radius 1 is 1.43 bits per heavy atom. The zero-order valence-electron chi connectivity index (χ0n) is 9.09. The molecule has 1 heterocycles. The summed E-state index contributed by atoms with van der Waals surface area (Å²) >= 11 is 1.75. The van der Waals surface area contributed by atoms with Crippen LogP contribution in [0.2, 0.25) is 0 Å². The zero-order valence-corrected chi connectivity index (χ0v) is 9.91. The van der Waals surface area contributed by atoms with Gasteiger partial charge in [-0.1, -0.05) is 6.92 Å². The molecule has 0 aliphatic heterocycles. The highest BCUT2D eigenvalue weighted by atomic mass is 32.1. The van der Waals surface area contributed by atoms with E-state index in [-0.39, 0.29) is 0 Å². The lowest BCUT2D eigenvalue weighted by Gasteiger charge is -1.95. The molecule has 0 amide bonds. The fourth-order valence-electron chi connectivity index (χ4n) is 1.26. The fraction of sp³-hybridized carbons (Fsp3) is 0.636. The summed E-state index contributed by atoms with van der Waals surface area (Å²) < 4.78 is 0. The van der Waals surface area contributed by atoms with Crippen LogP contribution in [-0.4, -0.2) is 10.8 Å². The quantitative estimate of drug-likeness (QED) is 0.749. The standard InChI is InChI=1S/C11H17NOS/c1-4-10(13)6-5-7-11-12-8(2)9(3)14-11/h4-7H2,1-3H3. The second-order valence-electron chi connectivity index (χ2n) is 3.49. The summed E-state index contributed by atoms with van der Waals surface area (Å²) in [6.07, 6.45) is 3.26. The Morgan fingerprint density at radius 3 is 2.64 bits per heavy atom. The van der Waals surface area contributed by atoms with Gasteiger partial charge in [0, 0.05) is 17.7 Å². The zero-order chi connectivity index (χ0) is 10.6. The SMILES string of the molecule is CCC(=O)CCCc1nc(C)c(C)s1. The molecule has 0 bridgehead atoms. The van der Waals surface area contributed by atoms with Gasteiger partial charge in [-0.2, -0.15) is 0 Å². The van der Waals surface area contributed by atoms with Crippen LogP contribution >= 0.6 is 11.3 Å². The summed E-state index contributed by atoms with van der Waals surface area (Å²) in [6.45, 7) is 6.04. The molecular weight excluding hydrogens is 194 g/mol. The number of carbonyl (C=O) groups is 1. The Bertz CT molecular complexity index is 298. The molecule has 14 heavy (non-hydrogen) atoms. The molecule has 0 aliphatic rings. The first kappa shape index (κ1) is 11.4. The van der Waals surface area contributed by atoms with Gasteiger partial charge < -0.3 is 0 Å². The number of rotatable bonds is 5. The van der Waals surface area contributed by atoms with E-state index in [1.165, 1.54) is 9.88 Å². The van der Waals surface area contributed by atoms with Crippen molar-refractivity contribution in [2.75, 3.05) is 0 Å². The molecule has 0 fully saturated rings. The molecule has 0 atom stereocenters. The molecule has 0 saturated heterocycles. The predicted molar refractivity (Wildman–Crippen MR) is 59.8 cm³/mol. The second kappa shape index (κ2) is 5.25. The first-order valence-corrected chi connectivity index (χ1v) is 5.89. The summed E-state index contributed by atoms with van der Waals surface area (Å²) in [5.41, 5.74) is 1.13. The third-order valence-electron chi connectivity index (χ3n) is 2.31. The number of aryl methyl sites for hydroxylation is 3. The van der Waals surface area contributed by atoms with Gasteiger partial charge in [-0.05, 0) is 26.7 Å². The van der Waals surface area contributed by atoms with E-state index in [2.05, 4.69) is 11.9 Å². The third kappa shape index (κ3) is 3.22. The number of Topliss-reactive ketones (excluding diaryl/α,β-unsaturated/α-hetero) is 1. The van der Waals surface area contributed by atoms with Crippen molar-refractivity contribution >= 4 is 17.1 Å². The first-order chi connectivity index (χ1) is 6.63. The van der Waals surface area contributed by atoms with Crippen LogP contribution < -0.4 is 0 Å². The summed E-state index contributed by atoms with van der Waals surface area (Å²) in [5.74, 6) is 0.356. The number of hydrogen-bond acceptors (Lipinski definition) is 3. The molecule has 0 aromatic carbocycles.